The number of rotatable bonds is 4. The van der Waals surface area contributed by atoms with Crippen molar-refractivity contribution in [2.24, 2.45) is 5.92 Å². The molecule has 0 N–H and O–H groups in total. The van der Waals surface area contributed by atoms with E-state index in [1.807, 2.05) is 0 Å². The van der Waals surface area contributed by atoms with Gasteiger partial charge in [-0.25, -0.2) is 4.98 Å². The number of carbonyl (C=O) groups excluding carboxylic acids is 1. The number of piperidine rings is 1. The fourth-order valence-corrected chi connectivity index (χ4v) is 2.42. The van der Waals surface area contributed by atoms with E-state index >= 15 is 0 Å². The van der Waals surface area contributed by atoms with Crippen LogP contribution in [0, 0.1) is 5.92 Å². The fraction of sp³-hybridized carbons (Fsp3) is 0.692. The lowest BCUT2D eigenvalue weighted by Gasteiger charge is -2.31. The summed E-state index contributed by atoms with van der Waals surface area (Å²) in [7, 11) is 0. The molecule has 1 aliphatic heterocycles. The number of likely N-dealkylation sites (tertiary alicyclic amines) is 1. The van der Waals surface area contributed by atoms with Crippen molar-refractivity contribution in [3.63, 3.8) is 0 Å². The Balaban J connectivity index is 1.93. The number of Topliss-reactive ketones (excluding diaryl/α,β-unsaturated/α-hetero) is 1. The molecule has 2 heterocycles. The van der Waals surface area contributed by atoms with Crippen LogP contribution >= 0.6 is 0 Å². The monoisotopic (exact) mass is 236 g/mol. The van der Waals surface area contributed by atoms with Crippen molar-refractivity contribution in [3.05, 3.63) is 17.8 Å². The highest BCUT2D eigenvalue weighted by Gasteiger charge is 2.21. The number of hydrogen-bond donors (Lipinski definition) is 0. The van der Waals surface area contributed by atoms with Crippen molar-refractivity contribution >= 4 is 5.78 Å². The van der Waals surface area contributed by atoms with Gasteiger partial charge >= 0.3 is 0 Å². The van der Waals surface area contributed by atoms with Gasteiger partial charge in [0.1, 0.15) is 0 Å². The molecule has 1 atom stereocenters. The number of oxazole rings is 1. The molecule has 2 rings (SSSR count). The molecule has 0 spiro atoms. The van der Waals surface area contributed by atoms with Crippen molar-refractivity contribution in [2.45, 2.75) is 33.1 Å². The minimum Gasteiger partial charge on any atom is -0.438 e. The number of hydrogen-bond acceptors (Lipinski definition) is 4. The van der Waals surface area contributed by atoms with Crippen LogP contribution in [0.1, 0.15) is 43.1 Å². The Morgan fingerprint density at radius 3 is 3.12 bits per heavy atom. The third-order valence-electron chi connectivity index (χ3n) is 3.41. The molecule has 0 aliphatic carbocycles. The van der Waals surface area contributed by atoms with E-state index in [1.165, 1.54) is 32.5 Å². The van der Waals surface area contributed by atoms with Crippen LogP contribution in [-0.2, 0) is 6.42 Å². The second-order valence-electron chi connectivity index (χ2n) is 4.78. The average molecular weight is 236 g/mol. The lowest BCUT2D eigenvalue weighted by molar-refractivity contribution is 0.0984. The topological polar surface area (TPSA) is 46.3 Å². The first-order valence-corrected chi connectivity index (χ1v) is 6.37. The summed E-state index contributed by atoms with van der Waals surface area (Å²) in [6.07, 6.45) is 4.87. The van der Waals surface area contributed by atoms with Gasteiger partial charge in [0.2, 0.25) is 0 Å². The van der Waals surface area contributed by atoms with E-state index in [4.69, 9.17) is 4.42 Å². The summed E-state index contributed by atoms with van der Waals surface area (Å²) in [5.74, 6) is 1.64. The van der Waals surface area contributed by atoms with Gasteiger partial charge in [0.25, 0.3) is 0 Å². The van der Waals surface area contributed by atoms with E-state index in [0.717, 1.165) is 19.5 Å². The predicted octanol–water partition coefficient (Wildman–Crippen LogP) is 2.15. The first-order valence-electron chi connectivity index (χ1n) is 6.37. The normalized spacial score (nSPS) is 21.6. The van der Waals surface area contributed by atoms with Gasteiger partial charge in [-0.05, 0) is 31.8 Å². The van der Waals surface area contributed by atoms with Gasteiger partial charge in [-0.3, -0.25) is 4.79 Å². The summed E-state index contributed by atoms with van der Waals surface area (Å²) in [4.78, 5) is 17.7. The quantitative estimate of drug-likeness (QED) is 0.751. The van der Waals surface area contributed by atoms with Gasteiger partial charge in [-0.15, -0.1) is 0 Å². The summed E-state index contributed by atoms with van der Waals surface area (Å²) in [5, 5.41) is 0. The highest BCUT2D eigenvalue weighted by molar-refractivity contribution is 5.90. The van der Waals surface area contributed by atoms with Crippen molar-refractivity contribution in [3.8, 4) is 0 Å². The molecule has 4 heteroatoms. The minimum atomic E-state index is -0.0532. The molecule has 0 aromatic carbocycles. The van der Waals surface area contributed by atoms with Crippen LogP contribution in [0.5, 0.6) is 0 Å². The first-order chi connectivity index (χ1) is 8.19. The summed E-state index contributed by atoms with van der Waals surface area (Å²) >= 11 is 0. The summed E-state index contributed by atoms with van der Waals surface area (Å²) in [5.41, 5.74) is 0. The predicted molar refractivity (Wildman–Crippen MR) is 65.0 cm³/mol. The zero-order valence-electron chi connectivity index (χ0n) is 10.6. The van der Waals surface area contributed by atoms with Crippen LogP contribution in [0.25, 0.3) is 0 Å². The lowest BCUT2D eigenvalue weighted by Crippen LogP contribution is -2.35. The SMILES string of the molecule is CCN1CCCC(Cc2ncc(C(C)=O)o2)C1. The number of nitrogens with zero attached hydrogens (tertiary/aromatic N) is 2. The molecule has 1 aromatic heterocycles. The molecule has 17 heavy (non-hydrogen) atoms. The number of ketones is 1. The molecule has 0 amide bonds. The van der Waals surface area contributed by atoms with E-state index < -0.39 is 0 Å². The van der Waals surface area contributed by atoms with Gasteiger partial charge in [0, 0.05) is 19.9 Å². The highest BCUT2D eigenvalue weighted by atomic mass is 16.4. The standard InChI is InChI=1S/C13H20N2O2/c1-3-15-6-4-5-11(9-15)7-13-14-8-12(17-13)10(2)16/h8,11H,3-7,9H2,1-2H3. The van der Waals surface area contributed by atoms with Crippen molar-refractivity contribution < 1.29 is 9.21 Å². The maximum absolute atomic E-state index is 11.1. The van der Waals surface area contributed by atoms with Crippen LogP contribution in [-0.4, -0.2) is 35.3 Å². The second-order valence-corrected chi connectivity index (χ2v) is 4.78. The third-order valence-corrected chi connectivity index (χ3v) is 3.41. The van der Waals surface area contributed by atoms with Crippen LogP contribution in [0.2, 0.25) is 0 Å². The third kappa shape index (κ3) is 3.16. The maximum atomic E-state index is 11.1. The highest BCUT2D eigenvalue weighted by Crippen LogP contribution is 2.20. The average Bonchev–Trinajstić information content (AvgIpc) is 2.78. The Labute approximate surface area is 102 Å². The van der Waals surface area contributed by atoms with Crippen molar-refractivity contribution in [1.29, 1.82) is 0 Å². The van der Waals surface area contributed by atoms with E-state index in [0.29, 0.717) is 17.6 Å². The molecular weight excluding hydrogens is 216 g/mol. The van der Waals surface area contributed by atoms with E-state index in [1.54, 1.807) is 0 Å². The number of carbonyl (C=O) groups is 1. The zero-order chi connectivity index (χ0) is 12.3. The Bertz CT molecular complexity index is 387. The Morgan fingerprint density at radius 2 is 2.47 bits per heavy atom. The summed E-state index contributed by atoms with van der Waals surface area (Å²) in [6, 6.07) is 0. The molecule has 0 saturated carbocycles. The molecule has 1 aromatic rings. The van der Waals surface area contributed by atoms with Crippen LogP contribution in [0.3, 0.4) is 0 Å². The largest absolute Gasteiger partial charge is 0.438 e. The molecule has 0 bridgehead atoms. The van der Waals surface area contributed by atoms with Gasteiger partial charge < -0.3 is 9.32 Å². The van der Waals surface area contributed by atoms with Crippen molar-refractivity contribution in [1.82, 2.24) is 9.88 Å². The molecule has 1 unspecified atom stereocenters. The van der Waals surface area contributed by atoms with Gasteiger partial charge in [-0.2, -0.15) is 0 Å². The zero-order valence-corrected chi connectivity index (χ0v) is 10.6. The van der Waals surface area contributed by atoms with E-state index in [9.17, 15) is 4.79 Å². The van der Waals surface area contributed by atoms with Gasteiger partial charge in [-0.1, -0.05) is 6.92 Å². The molecule has 1 aliphatic rings. The minimum absolute atomic E-state index is 0.0532. The smallest absolute Gasteiger partial charge is 0.196 e. The van der Waals surface area contributed by atoms with Crippen LogP contribution in [0.4, 0.5) is 0 Å². The van der Waals surface area contributed by atoms with Crippen LogP contribution < -0.4 is 0 Å². The van der Waals surface area contributed by atoms with Crippen molar-refractivity contribution in [2.75, 3.05) is 19.6 Å². The first kappa shape index (κ1) is 12.3. The second kappa shape index (κ2) is 5.45. The van der Waals surface area contributed by atoms with Gasteiger partial charge in [0.05, 0.1) is 6.20 Å². The van der Waals surface area contributed by atoms with Gasteiger partial charge in [0.15, 0.2) is 17.4 Å². The lowest BCUT2D eigenvalue weighted by atomic mass is 9.95. The molecule has 1 saturated heterocycles. The Morgan fingerprint density at radius 1 is 1.65 bits per heavy atom. The maximum Gasteiger partial charge on any atom is 0.196 e. The summed E-state index contributed by atoms with van der Waals surface area (Å²) in [6.45, 7) is 7.14. The summed E-state index contributed by atoms with van der Waals surface area (Å²) < 4.78 is 5.44. The van der Waals surface area contributed by atoms with E-state index in [-0.39, 0.29) is 5.78 Å². The Kier molecular flexibility index (Phi) is 3.94. The number of aromatic nitrogens is 1. The molecule has 4 nitrogen and oxygen atoms in total. The molecule has 94 valence electrons. The Hall–Kier alpha value is -1.16. The molecule has 1 fully saturated rings. The fourth-order valence-electron chi connectivity index (χ4n) is 2.42. The molecule has 0 radical (unpaired) electrons. The van der Waals surface area contributed by atoms with Crippen LogP contribution in [0.15, 0.2) is 10.6 Å². The van der Waals surface area contributed by atoms with E-state index in [2.05, 4.69) is 16.8 Å². The molecular formula is C13H20N2O2.